The van der Waals surface area contributed by atoms with Crippen molar-refractivity contribution >= 4 is 11.6 Å². The van der Waals surface area contributed by atoms with Crippen molar-refractivity contribution in [2.24, 2.45) is 0 Å². The summed E-state index contributed by atoms with van der Waals surface area (Å²) in [5, 5.41) is 3.05. The molecular formula is C18H17F3N2O2. The van der Waals surface area contributed by atoms with Crippen molar-refractivity contribution in [1.82, 2.24) is 4.90 Å². The largest absolute Gasteiger partial charge is 0.496 e. The van der Waals surface area contributed by atoms with E-state index in [-0.39, 0.29) is 5.56 Å². The van der Waals surface area contributed by atoms with Crippen LogP contribution in [0.1, 0.15) is 27.7 Å². The fourth-order valence-corrected chi connectivity index (χ4v) is 2.98. The zero-order valence-corrected chi connectivity index (χ0v) is 13.7. The number of carbonyl (C=O) groups excluding carboxylic acids is 1. The normalized spacial score (nSPS) is 17.1. The predicted octanol–water partition coefficient (Wildman–Crippen LogP) is 4.13. The Bertz CT molecular complexity index is 805. The molecule has 0 fully saturated rings. The van der Waals surface area contributed by atoms with E-state index in [1.54, 1.807) is 43.3 Å². The number of aryl methyl sites for hydroxylation is 1. The van der Waals surface area contributed by atoms with E-state index in [4.69, 9.17) is 4.74 Å². The molecule has 0 bridgehead atoms. The highest BCUT2D eigenvalue weighted by molar-refractivity contribution is 6.01. The molecule has 1 aliphatic heterocycles. The maximum absolute atomic E-state index is 13.0. The summed E-state index contributed by atoms with van der Waals surface area (Å²) >= 11 is 0. The number of amides is 1. The van der Waals surface area contributed by atoms with Crippen molar-refractivity contribution in [1.29, 1.82) is 0 Å². The molecular weight excluding hydrogens is 333 g/mol. The molecule has 0 saturated heterocycles. The topological polar surface area (TPSA) is 41.6 Å². The Balaban J connectivity index is 2.05. The number of halogens is 3. The second-order valence-electron chi connectivity index (χ2n) is 5.87. The van der Waals surface area contributed by atoms with Crippen molar-refractivity contribution in [3.63, 3.8) is 0 Å². The number of hydrogen-bond acceptors (Lipinski definition) is 3. The van der Waals surface area contributed by atoms with Crippen LogP contribution in [-0.2, 0) is 0 Å². The number of para-hydroxylation sites is 1. The quantitative estimate of drug-likeness (QED) is 0.905. The third kappa shape index (κ3) is 3.40. The van der Waals surface area contributed by atoms with Crippen LogP contribution in [0.4, 0.5) is 18.9 Å². The summed E-state index contributed by atoms with van der Waals surface area (Å²) in [6.45, 7) is 0.470. The van der Waals surface area contributed by atoms with Crippen LogP contribution in [0.25, 0.3) is 0 Å². The van der Waals surface area contributed by atoms with Crippen LogP contribution in [0, 0.1) is 6.92 Å². The van der Waals surface area contributed by atoms with Gasteiger partial charge < -0.3 is 15.0 Å². The number of anilines is 1. The molecule has 1 aliphatic rings. The van der Waals surface area contributed by atoms with Crippen molar-refractivity contribution in [2.45, 2.75) is 19.3 Å². The zero-order chi connectivity index (χ0) is 18.2. The van der Waals surface area contributed by atoms with Gasteiger partial charge in [0.25, 0.3) is 5.91 Å². The molecule has 25 heavy (non-hydrogen) atoms. The molecule has 7 heteroatoms. The van der Waals surface area contributed by atoms with Gasteiger partial charge in [-0.05, 0) is 42.3 Å². The van der Waals surface area contributed by atoms with Gasteiger partial charge in [0, 0.05) is 5.69 Å². The van der Waals surface area contributed by atoms with Crippen LogP contribution in [-0.4, -0.2) is 30.6 Å². The Kier molecular flexibility index (Phi) is 4.32. The highest BCUT2D eigenvalue weighted by Gasteiger charge is 2.40. The monoisotopic (exact) mass is 350 g/mol. The number of methoxy groups -OCH3 is 1. The van der Waals surface area contributed by atoms with E-state index in [1.165, 1.54) is 13.2 Å². The van der Waals surface area contributed by atoms with Gasteiger partial charge in [0.2, 0.25) is 0 Å². The second kappa shape index (κ2) is 6.31. The molecule has 4 nitrogen and oxygen atoms in total. The second-order valence-corrected chi connectivity index (χ2v) is 5.87. The lowest BCUT2D eigenvalue weighted by Crippen LogP contribution is -2.47. The van der Waals surface area contributed by atoms with Crippen molar-refractivity contribution in [3.05, 3.63) is 59.2 Å². The van der Waals surface area contributed by atoms with Crippen molar-refractivity contribution in [3.8, 4) is 5.75 Å². The summed E-state index contributed by atoms with van der Waals surface area (Å²) < 4.78 is 44.3. The first-order valence-corrected chi connectivity index (χ1v) is 7.68. The summed E-state index contributed by atoms with van der Waals surface area (Å²) in [7, 11) is 1.52. The standard InChI is InChI=1S/C18H17F3N2O2/c1-11-9-12(7-8-15(11)25-2)16-22-14-6-4-3-5-13(14)17(24)23(16)10-18(19,20)21/h3-9,16,22H,10H2,1-2H3. The summed E-state index contributed by atoms with van der Waals surface area (Å²) in [5.74, 6) is -0.0150. The van der Waals surface area contributed by atoms with E-state index in [9.17, 15) is 18.0 Å². The zero-order valence-electron chi connectivity index (χ0n) is 13.7. The van der Waals surface area contributed by atoms with Gasteiger partial charge in [-0.1, -0.05) is 18.2 Å². The Labute approximate surface area is 143 Å². The van der Waals surface area contributed by atoms with Crippen LogP contribution in [0.15, 0.2) is 42.5 Å². The maximum Gasteiger partial charge on any atom is 0.406 e. The van der Waals surface area contributed by atoms with Crippen LogP contribution < -0.4 is 10.1 Å². The summed E-state index contributed by atoms with van der Waals surface area (Å²) in [6, 6.07) is 11.6. The smallest absolute Gasteiger partial charge is 0.406 e. The third-order valence-electron chi connectivity index (χ3n) is 4.11. The molecule has 1 N–H and O–H groups in total. The fourth-order valence-electron chi connectivity index (χ4n) is 2.98. The molecule has 1 heterocycles. The van der Waals surface area contributed by atoms with Crippen molar-refractivity contribution < 1.29 is 22.7 Å². The minimum absolute atomic E-state index is 0.230. The van der Waals surface area contributed by atoms with E-state index in [0.717, 1.165) is 10.5 Å². The lowest BCUT2D eigenvalue weighted by atomic mass is 10.0. The van der Waals surface area contributed by atoms with Gasteiger partial charge in [-0.15, -0.1) is 0 Å². The van der Waals surface area contributed by atoms with Crippen LogP contribution in [0.5, 0.6) is 5.75 Å². The molecule has 1 amide bonds. The number of carbonyl (C=O) groups is 1. The van der Waals surface area contributed by atoms with E-state index < -0.39 is 24.8 Å². The Hall–Kier alpha value is -2.70. The van der Waals surface area contributed by atoms with Crippen LogP contribution in [0.2, 0.25) is 0 Å². The molecule has 0 aromatic heterocycles. The van der Waals surface area contributed by atoms with Crippen LogP contribution >= 0.6 is 0 Å². The number of nitrogens with zero attached hydrogens (tertiary/aromatic N) is 1. The molecule has 0 radical (unpaired) electrons. The molecule has 1 unspecified atom stereocenters. The lowest BCUT2D eigenvalue weighted by Gasteiger charge is -2.38. The number of ether oxygens (including phenoxy) is 1. The number of alkyl halides is 3. The summed E-state index contributed by atoms with van der Waals surface area (Å²) in [5.41, 5.74) is 2.09. The summed E-state index contributed by atoms with van der Waals surface area (Å²) in [6.07, 6.45) is -5.41. The molecule has 1 atom stereocenters. The Morgan fingerprint density at radius 1 is 1.20 bits per heavy atom. The molecule has 0 spiro atoms. The summed E-state index contributed by atoms with van der Waals surface area (Å²) in [4.78, 5) is 13.5. The fraction of sp³-hybridized carbons (Fsp3) is 0.278. The number of fused-ring (bicyclic) bond motifs is 1. The van der Waals surface area contributed by atoms with Gasteiger partial charge in [-0.3, -0.25) is 4.79 Å². The highest BCUT2D eigenvalue weighted by atomic mass is 19.4. The molecule has 2 aromatic carbocycles. The van der Waals surface area contributed by atoms with Gasteiger partial charge >= 0.3 is 6.18 Å². The first-order valence-electron chi connectivity index (χ1n) is 7.68. The van der Waals surface area contributed by atoms with Gasteiger partial charge in [0.1, 0.15) is 18.5 Å². The maximum atomic E-state index is 13.0. The number of benzene rings is 2. The third-order valence-corrected chi connectivity index (χ3v) is 4.11. The SMILES string of the molecule is COc1ccc(C2Nc3ccccc3C(=O)N2CC(F)(F)F)cc1C. The van der Waals surface area contributed by atoms with Gasteiger partial charge in [-0.25, -0.2) is 0 Å². The van der Waals surface area contributed by atoms with Gasteiger partial charge in [-0.2, -0.15) is 13.2 Å². The van der Waals surface area contributed by atoms with E-state index in [1.807, 2.05) is 0 Å². The highest BCUT2D eigenvalue weighted by Crippen LogP contribution is 2.36. The van der Waals surface area contributed by atoms with Gasteiger partial charge in [0.05, 0.1) is 12.7 Å². The minimum atomic E-state index is -4.50. The molecule has 2 aromatic rings. The number of rotatable bonds is 3. The average Bonchev–Trinajstić information content (AvgIpc) is 2.56. The first-order chi connectivity index (χ1) is 11.8. The minimum Gasteiger partial charge on any atom is -0.496 e. The first kappa shape index (κ1) is 17.1. The molecule has 3 rings (SSSR count). The van der Waals surface area contributed by atoms with Crippen LogP contribution in [0.3, 0.4) is 0 Å². The molecule has 0 aliphatic carbocycles. The van der Waals surface area contributed by atoms with E-state index >= 15 is 0 Å². The van der Waals surface area contributed by atoms with Crippen molar-refractivity contribution in [2.75, 3.05) is 19.0 Å². The average molecular weight is 350 g/mol. The predicted molar refractivity (Wildman–Crippen MR) is 87.6 cm³/mol. The van der Waals surface area contributed by atoms with Gasteiger partial charge in [0.15, 0.2) is 0 Å². The molecule has 0 saturated carbocycles. The Morgan fingerprint density at radius 3 is 2.56 bits per heavy atom. The van der Waals surface area contributed by atoms with E-state index in [0.29, 0.717) is 17.0 Å². The lowest BCUT2D eigenvalue weighted by molar-refractivity contribution is -0.144. The Morgan fingerprint density at radius 2 is 1.92 bits per heavy atom. The van der Waals surface area contributed by atoms with E-state index in [2.05, 4.69) is 5.32 Å². The number of hydrogen-bond donors (Lipinski definition) is 1. The number of nitrogens with one attached hydrogen (secondary N) is 1. The molecule has 132 valence electrons.